The Hall–Kier alpha value is -1.88. The molecule has 2 rings (SSSR count). The molecule has 0 amide bonds. The summed E-state index contributed by atoms with van der Waals surface area (Å²) in [5.41, 5.74) is 3.75. The molecule has 4 nitrogen and oxygen atoms in total. The molecule has 5 heteroatoms. The van der Waals surface area contributed by atoms with Gasteiger partial charge >= 0.3 is 0 Å². The van der Waals surface area contributed by atoms with Crippen LogP contribution in [0.4, 0.5) is 0 Å². The van der Waals surface area contributed by atoms with Crippen molar-refractivity contribution in [3.63, 3.8) is 0 Å². The Morgan fingerprint density at radius 1 is 1.23 bits per heavy atom. The van der Waals surface area contributed by atoms with E-state index in [1.54, 1.807) is 18.4 Å². The molecule has 0 aliphatic carbocycles. The Morgan fingerprint density at radius 3 is 2.68 bits per heavy atom. The Bertz CT molecular complexity index is 646. The number of aromatic nitrogens is 1. The zero-order valence-corrected chi connectivity index (χ0v) is 14.5. The van der Waals surface area contributed by atoms with Gasteiger partial charge in [-0.3, -0.25) is 4.99 Å². The number of nitrogens with zero attached hydrogens (tertiary/aromatic N) is 2. The summed E-state index contributed by atoms with van der Waals surface area (Å²) in [5.74, 6) is 0.832. The first-order valence-electron chi connectivity index (χ1n) is 7.51. The van der Waals surface area contributed by atoms with E-state index in [0.717, 1.165) is 36.2 Å². The normalized spacial score (nSPS) is 11.5. The van der Waals surface area contributed by atoms with E-state index in [1.807, 2.05) is 6.92 Å². The molecule has 1 aromatic carbocycles. The SMILES string of the molecule is CN=C(NCCc1cccc(C)c1)NCc1sc(C)nc1C. The highest BCUT2D eigenvalue weighted by molar-refractivity contribution is 7.11. The number of nitrogens with one attached hydrogen (secondary N) is 2. The van der Waals surface area contributed by atoms with Crippen molar-refractivity contribution in [2.24, 2.45) is 4.99 Å². The van der Waals surface area contributed by atoms with Gasteiger partial charge in [-0.2, -0.15) is 0 Å². The zero-order chi connectivity index (χ0) is 15.9. The lowest BCUT2D eigenvalue weighted by atomic mass is 10.1. The predicted molar refractivity (Wildman–Crippen MR) is 94.7 cm³/mol. The second-order valence-electron chi connectivity index (χ2n) is 5.33. The lowest BCUT2D eigenvalue weighted by molar-refractivity contribution is 0.796. The number of hydrogen-bond donors (Lipinski definition) is 2. The summed E-state index contributed by atoms with van der Waals surface area (Å²) in [6, 6.07) is 8.61. The minimum absolute atomic E-state index is 0.765. The van der Waals surface area contributed by atoms with E-state index < -0.39 is 0 Å². The molecule has 0 saturated heterocycles. The number of aryl methyl sites for hydroxylation is 3. The Labute approximate surface area is 136 Å². The number of hydrogen-bond acceptors (Lipinski definition) is 3. The topological polar surface area (TPSA) is 49.3 Å². The Morgan fingerprint density at radius 2 is 2.05 bits per heavy atom. The first-order chi connectivity index (χ1) is 10.6. The maximum Gasteiger partial charge on any atom is 0.191 e. The van der Waals surface area contributed by atoms with Crippen LogP contribution in [0.5, 0.6) is 0 Å². The molecule has 0 saturated carbocycles. The van der Waals surface area contributed by atoms with Gasteiger partial charge in [0.25, 0.3) is 0 Å². The van der Waals surface area contributed by atoms with Crippen LogP contribution in [0, 0.1) is 20.8 Å². The molecule has 0 aliphatic heterocycles. The van der Waals surface area contributed by atoms with Crippen molar-refractivity contribution in [1.82, 2.24) is 15.6 Å². The lowest BCUT2D eigenvalue weighted by Gasteiger charge is -2.11. The van der Waals surface area contributed by atoms with Gasteiger partial charge in [0, 0.05) is 18.5 Å². The molecule has 1 aromatic heterocycles. The van der Waals surface area contributed by atoms with E-state index in [1.165, 1.54) is 16.0 Å². The van der Waals surface area contributed by atoms with Crippen molar-refractivity contribution in [2.75, 3.05) is 13.6 Å². The van der Waals surface area contributed by atoms with E-state index in [2.05, 4.69) is 58.7 Å². The van der Waals surface area contributed by atoms with Gasteiger partial charge in [-0.25, -0.2) is 4.98 Å². The fourth-order valence-corrected chi connectivity index (χ4v) is 3.19. The fraction of sp³-hybridized carbons (Fsp3) is 0.412. The maximum absolute atomic E-state index is 4.44. The fourth-order valence-electron chi connectivity index (χ4n) is 2.31. The van der Waals surface area contributed by atoms with Gasteiger partial charge in [-0.15, -0.1) is 11.3 Å². The van der Waals surface area contributed by atoms with Crippen LogP contribution in [-0.2, 0) is 13.0 Å². The number of rotatable bonds is 5. The van der Waals surface area contributed by atoms with Crippen LogP contribution in [0.3, 0.4) is 0 Å². The smallest absolute Gasteiger partial charge is 0.191 e. The summed E-state index contributed by atoms with van der Waals surface area (Å²) in [7, 11) is 1.80. The molecule has 0 radical (unpaired) electrons. The number of guanidine groups is 1. The van der Waals surface area contributed by atoms with Crippen LogP contribution in [0.1, 0.15) is 26.7 Å². The van der Waals surface area contributed by atoms with Crippen LogP contribution in [0.25, 0.3) is 0 Å². The monoisotopic (exact) mass is 316 g/mol. The molecule has 0 spiro atoms. The molecular weight excluding hydrogens is 292 g/mol. The average molecular weight is 316 g/mol. The molecule has 0 atom stereocenters. The second-order valence-corrected chi connectivity index (χ2v) is 6.62. The molecule has 2 N–H and O–H groups in total. The predicted octanol–water partition coefficient (Wildman–Crippen LogP) is 2.98. The highest BCUT2D eigenvalue weighted by atomic mass is 32.1. The van der Waals surface area contributed by atoms with Crippen molar-refractivity contribution in [3.05, 3.63) is 51.0 Å². The van der Waals surface area contributed by atoms with Gasteiger partial charge in [0.05, 0.1) is 17.2 Å². The van der Waals surface area contributed by atoms with Gasteiger partial charge in [0.2, 0.25) is 0 Å². The third-order valence-electron chi connectivity index (χ3n) is 3.43. The highest BCUT2D eigenvalue weighted by Crippen LogP contribution is 2.16. The Kier molecular flexibility index (Phi) is 5.95. The van der Waals surface area contributed by atoms with Crippen molar-refractivity contribution >= 4 is 17.3 Å². The van der Waals surface area contributed by atoms with E-state index in [4.69, 9.17) is 0 Å². The van der Waals surface area contributed by atoms with Crippen LogP contribution in [0.15, 0.2) is 29.3 Å². The van der Waals surface area contributed by atoms with E-state index >= 15 is 0 Å². The molecule has 0 unspecified atom stereocenters. The summed E-state index contributed by atoms with van der Waals surface area (Å²) in [4.78, 5) is 9.97. The number of aliphatic imine (C=N–C) groups is 1. The Balaban J connectivity index is 1.79. The van der Waals surface area contributed by atoms with Gasteiger partial charge in [0.15, 0.2) is 5.96 Å². The van der Waals surface area contributed by atoms with Crippen LogP contribution in [-0.4, -0.2) is 24.5 Å². The van der Waals surface area contributed by atoms with Crippen molar-refractivity contribution < 1.29 is 0 Å². The van der Waals surface area contributed by atoms with E-state index in [0.29, 0.717) is 0 Å². The first kappa shape index (κ1) is 16.5. The minimum Gasteiger partial charge on any atom is -0.356 e. The molecule has 1 heterocycles. The maximum atomic E-state index is 4.44. The van der Waals surface area contributed by atoms with Crippen LogP contribution < -0.4 is 10.6 Å². The van der Waals surface area contributed by atoms with E-state index in [9.17, 15) is 0 Å². The van der Waals surface area contributed by atoms with Gasteiger partial charge in [-0.05, 0) is 32.8 Å². The molecule has 22 heavy (non-hydrogen) atoms. The lowest BCUT2D eigenvalue weighted by Crippen LogP contribution is -2.37. The van der Waals surface area contributed by atoms with Gasteiger partial charge in [0.1, 0.15) is 0 Å². The second kappa shape index (κ2) is 7.94. The third-order valence-corrected chi connectivity index (χ3v) is 4.50. The summed E-state index contributed by atoms with van der Waals surface area (Å²) < 4.78 is 0. The van der Waals surface area contributed by atoms with E-state index in [-0.39, 0.29) is 0 Å². The van der Waals surface area contributed by atoms with Gasteiger partial charge in [-0.1, -0.05) is 29.8 Å². The van der Waals surface area contributed by atoms with Crippen molar-refractivity contribution in [1.29, 1.82) is 0 Å². The van der Waals surface area contributed by atoms with Crippen molar-refractivity contribution in [2.45, 2.75) is 33.7 Å². The molecule has 0 bridgehead atoms. The first-order valence-corrected chi connectivity index (χ1v) is 8.33. The largest absolute Gasteiger partial charge is 0.356 e. The molecular formula is C17H24N4S. The van der Waals surface area contributed by atoms with Crippen LogP contribution in [0.2, 0.25) is 0 Å². The number of thiazole rings is 1. The summed E-state index contributed by atoms with van der Waals surface area (Å²) in [6.45, 7) is 7.84. The standard InChI is InChI=1S/C17H24N4S/c1-12-6-5-7-15(10-12)8-9-19-17(18-4)20-11-16-13(2)21-14(3)22-16/h5-7,10H,8-9,11H2,1-4H3,(H2,18,19,20). The summed E-state index contributed by atoms with van der Waals surface area (Å²) >= 11 is 1.73. The minimum atomic E-state index is 0.765. The highest BCUT2D eigenvalue weighted by Gasteiger charge is 2.05. The van der Waals surface area contributed by atoms with Crippen LogP contribution >= 0.6 is 11.3 Å². The quantitative estimate of drug-likeness (QED) is 0.658. The summed E-state index contributed by atoms with van der Waals surface area (Å²) in [5, 5.41) is 7.81. The summed E-state index contributed by atoms with van der Waals surface area (Å²) in [6.07, 6.45) is 0.987. The number of benzene rings is 1. The molecule has 118 valence electrons. The molecule has 0 aliphatic rings. The van der Waals surface area contributed by atoms with Gasteiger partial charge < -0.3 is 10.6 Å². The molecule has 2 aromatic rings. The molecule has 0 fully saturated rings. The third kappa shape index (κ3) is 4.84. The zero-order valence-electron chi connectivity index (χ0n) is 13.7. The van der Waals surface area contributed by atoms with Crippen molar-refractivity contribution in [3.8, 4) is 0 Å². The average Bonchev–Trinajstić information content (AvgIpc) is 2.80.